The molecule has 0 fully saturated rings. The van der Waals surface area contributed by atoms with E-state index in [4.69, 9.17) is 0 Å². The molecule has 0 radical (unpaired) electrons. The molecule has 2 aliphatic carbocycles. The molecule has 4 heterocycles. The Balaban J connectivity index is 1.27. The quantitative estimate of drug-likeness (QED) is 0.153. The third kappa shape index (κ3) is 3.87. The van der Waals surface area contributed by atoms with Gasteiger partial charge in [-0.1, -0.05) is 120 Å². The lowest BCUT2D eigenvalue weighted by Gasteiger charge is -2.45. The molecule has 2 aliphatic heterocycles. The Labute approximate surface area is 328 Å². The third-order valence-corrected chi connectivity index (χ3v) is 15.5. The van der Waals surface area contributed by atoms with Crippen LogP contribution in [0.15, 0.2) is 103 Å². The van der Waals surface area contributed by atoms with E-state index in [0.717, 1.165) is 0 Å². The van der Waals surface area contributed by atoms with Crippen LogP contribution in [0.2, 0.25) is 0 Å². The number of hydrogen-bond donors (Lipinski definition) is 0. The summed E-state index contributed by atoms with van der Waals surface area (Å²) in [6.07, 6.45) is 2.41. The van der Waals surface area contributed by atoms with Crippen molar-refractivity contribution >= 4 is 77.4 Å². The number of aryl methyl sites for hydroxylation is 2. The Morgan fingerprint density at radius 2 is 1.29 bits per heavy atom. The van der Waals surface area contributed by atoms with Crippen molar-refractivity contribution in [1.29, 1.82) is 0 Å². The molecule has 0 saturated carbocycles. The highest BCUT2D eigenvalue weighted by molar-refractivity contribution is 7.26. The van der Waals surface area contributed by atoms with Gasteiger partial charge in [0.25, 0.3) is 0 Å². The maximum absolute atomic E-state index is 2.78. The van der Waals surface area contributed by atoms with E-state index < -0.39 is 0 Å². The third-order valence-electron chi connectivity index (χ3n) is 14.4. The summed E-state index contributed by atoms with van der Waals surface area (Å²) < 4.78 is 4.14. The number of fused-ring (bicyclic) bond motifs is 14. The fourth-order valence-electron chi connectivity index (χ4n) is 11.6. The van der Waals surface area contributed by atoms with Gasteiger partial charge >= 0.3 is 6.85 Å². The number of nitrogens with zero attached hydrogens (tertiary/aromatic N) is 2. The molecule has 0 atom stereocenters. The van der Waals surface area contributed by atoms with Crippen LogP contribution in [0.1, 0.15) is 87.8 Å². The summed E-state index contributed by atoms with van der Waals surface area (Å²) in [7, 11) is 0. The molecule has 8 aromatic rings. The topological polar surface area (TPSA) is 8.17 Å². The van der Waals surface area contributed by atoms with Crippen molar-refractivity contribution in [2.75, 3.05) is 4.90 Å². The monoisotopic (exact) mass is 728 g/mol. The van der Waals surface area contributed by atoms with Crippen molar-refractivity contribution in [3.8, 4) is 22.3 Å². The van der Waals surface area contributed by atoms with Crippen molar-refractivity contribution in [3.63, 3.8) is 0 Å². The molecule has 0 saturated heterocycles. The number of benzene rings is 6. The van der Waals surface area contributed by atoms with Gasteiger partial charge in [-0.2, -0.15) is 0 Å². The van der Waals surface area contributed by atoms with E-state index in [0.29, 0.717) is 0 Å². The second-order valence-electron chi connectivity index (χ2n) is 18.9. The molecular formula is C51H45BN2S. The molecule has 2 aromatic heterocycles. The molecule has 0 unspecified atom stereocenters. The summed E-state index contributed by atoms with van der Waals surface area (Å²) >= 11 is 1.97. The van der Waals surface area contributed by atoms with E-state index in [1.165, 1.54) is 128 Å². The molecule has 268 valence electrons. The van der Waals surface area contributed by atoms with Crippen molar-refractivity contribution in [1.82, 2.24) is 4.48 Å². The zero-order chi connectivity index (χ0) is 37.5. The van der Waals surface area contributed by atoms with E-state index in [2.05, 4.69) is 168 Å². The minimum atomic E-state index is -0.176. The SMILES string of the molecule is Cc1cc2c3c(c1)N(c1cc4c(cc1C)C(C)(C)CCC4(C)C)c1ccc4c(c1B3n1c3sc5ccccc5c3c3cccc-2c31)C(C)(C)c1ccccc1-4. The van der Waals surface area contributed by atoms with Crippen LogP contribution in [-0.2, 0) is 16.2 Å². The smallest absolute Gasteiger partial charge is 0.334 e. The first-order chi connectivity index (χ1) is 26.4. The highest BCUT2D eigenvalue weighted by Gasteiger charge is 2.49. The fourth-order valence-corrected chi connectivity index (χ4v) is 12.9. The minimum Gasteiger partial charge on any atom is -0.367 e. The molecule has 0 spiro atoms. The van der Waals surface area contributed by atoms with Gasteiger partial charge in [-0.25, -0.2) is 0 Å². The predicted molar refractivity (Wildman–Crippen MR) is 238 cm³/mol. The zero-order valence-electron chi connectivity index (χ0n) is 33.1. The number of rotatable bonds is 1. The number of aromatic nitrogens is 1. The van der Waals surface area contributed by atoms with Crippen LogP contribution in [-0.4, -0.2) is 11.3 Å². The molecule has 0 bridgehead atoms. The van der Waals surface area contributed by atoms with Crippen LogP contribution in [0, 0.1) is 13.8 Å². The van der Waals surface area contributed by atoms with Gasteiger partial charge in [0.1, 0.15) is 0 Å². The van der Waals surface area contributed by atoms with Gasteiger partial charge in [-0.05, 0) is 123 Å². The standard InChI is InChI=1S/C51H45BN2S/c1-28-24-35-32-16-13-17-34-43-33-15-10-12-19-42(33)55-48(43)54(47(32)34)52-45(35)41(25-28)53(40-27-38-37(26-29(40)2)49(3,4)22-23-50(38,5)6)39-21-20-31-30-14-9-11-18-36(30)51(7,8)44(31)46(39)52/h9-21,24-27H,22-23H2,1-8H3. The Hall–Kier alpha value is -5.06. The lowest BCUT2D eigenvalue weighted by molar-refractivity contribution is 0.332. The highest BCUT2D eigenvalue weighted by atomic mass is 32.1. The van der Waals surface area contributed by atoms with E-state index in [1.807, 2.05) is 11.3 Å². The summed E-state index contributed by atoms with van der Waals surface area (Å²) in [6, 6.07) is 40.4. The van der Waals surface area contributed by atoms with Gasteiger partial charge in [-0.15, -0.1) is 11.3 Å². The summed E-state index contributed by atoms with van der Waals surface area (Å²) in [5, 5.41) is 4.14. The second kappa shape index (κ2) is 10.2. The van der Waals surface area contributed by atoms with Gasteiger partial charge in [0.15, 0.2) is 0 Å². The van der Waals surface area contributed by atoms with Crippen LogP contribution in [0.5, 0.6) is 0 Å². The number of anilines is 3. The maximum Gasteiger partial charge on any atom is 0.334 e. The first-order valence-corrected chi connectivity index (χ1v) is 21.0. The van der Waals surface area contributed by atoms with Gasteiger partial charge < -0.3 is 9.38 Å². The van der Waals surface area contributed by atoms with Gasteiger partial charge in [-0.3, -0.25) is 0 Å². The predicted octanol–water partition coefficient (Wildman–Crippen LogP) is 12.7. The normalized spacial score (nSPS) is 17.7. The van der Waals surface area contributed by atoms with Crippen LogP contribution >= 0.6 is 11.3 Å². The Morgan fingerprint density at radius 1 is 0.582 bits per heavy atom. The summed E-state index contributed by atoms with van der Waals surface area (Å²) in [6.45, 7) is 19.5. The Morgan fingerprint density at radius 3 is 2.11 bits per heavy atom. The summed E-state index contributed by atoms with van der Waals surface area (Å²) in [5.41, 5.74) is 22.4. The van der Waals surface area contributed by atoms with Crippen LogP contribution in [0.4, 0.5) is 17.1 Å². The number of hydrogen-bond acceptors (Lipinski definition) is 2. The fraction of sp³-hybridized carbons (Fsp3) is 0.255. The van der Waals surface area contributed by atoms with Crippen molar-refractivity contribution in [2.45, 2.75) is 84.5 Å². The van der Waals surface area contributed by atoms with Gasteiger partial charge in [0, 0.05) is 54.4 Å². The minimum absolute atomic E-state index is 0.0247. The average molecular weight is 729 g/mol. The van der Waals surface area contributed by atoms with E-state index in [9.17, 15) is 0 Å². The molecule has 12 rings (SSSR count). The van der Waals surface area contributed by atoms with Gasteiger partial charge in [0.2, 0.25) is 0 Å². The summed E-state index contributed by atoms with van der Waals surface area (Å²) in [5.74, 6) is 0. The molecule has 0 amide bonds. The first-order valence-electron chi connectivity index (χ1n) is 20.2. The van der Waals surface area contributed by atoms with E-state index in [-0.39, 0.29) is 23.1 Å². The second-order valence-corrected chi connectivity index (χ2v) is 19.9. The first kappa shape index (κ1) is 32.2. The Bertz CT molecular complexity index is 3060. The molecule has 2 nitrogen and oxygen atoms in total. The van der Waals surface area contributed by atoms with Gasteiger partial charge in [0.05, 0.1) is 4.83 Å². The van der Waals surface area contributed by atoms with E-state index in [1.54, 1.807) is 0 Å². The van der Waals surface area contributed by atoms with Crippen LogP contribution in [0.25, 0.3) is 53.5 Å². The molecular weight excluding hydrogens is 683 g/mol. The molecule has 4 aliphatic rings. The van der Waals surface area contributed by atoms with Crippen molar-refractivity contribution in [2.24, 2.45) is 0 Å². The largest absolute Gasteiger partial charge is 0.367 e. The van der Waals surface area contributed by atoms with Crippen molar-refractivity contribution < 1.29 is 0 Å². The van der Waals surface area contributed by atoms with Crippen LogP contribution in [0.3, 0.4) is 0 Å². The lowest BCUT2D eigenvalue weighted by atomic mass is 9.43. The molecule has 0 N–H and O–H groups in total. The lowest BCUT2D eigenvalue weighted by Crippen LogP contribution is -2.58. The molecule has 55 heavy (non-hydrogen) atoms. The van der Waals surface area contributed by atoms with E-state index >= 15 is 0 Å². The molecule has 4 heteroatoms. The number of para-hydroxylation sites is 1. The Kier molecular flexibility index (Phi) is 5.98. The molecule has 6 aromatic carbocycles. The number of thiophene rings is 1. The summed E-state index contributed by atoms with van der Waals surface area (Å²) in [4.78, 5) is 4.08. The highest BCUT2D eigenvalue weighted by Crippen LogP contribution is 2.55. The van der Waals surface area contributed by atoms with Crippen molar-refractivity contribution in [3.05, 3.63) is 137 Å². The zero-order valence-corrected chi connectivity index (χ0v) is 33.9. The maximum atomic E-state index is 2.78. The van der Waals surface area contributed by atoms with Crippen LogP contribution < -0.4 is 15.8 Å². The average Bonchev–Trinajstić information content (AvgIpc) is 3.77.